The van der Waals surface area contributed by atoms with Gasteiger partial charge in [-0.1, -0.05) is 35.9 Å². The van der Waals surface area contributed by atoms with Crippen molar-refractivity contribution < 1.29 is 0 Å². The third-order valence-electron chi connectivity index (χ3n) is 3.06. The molecule has 0 radical (unpaired) electrons. The van der Waals surface area contributed by atoms with E-state index in [1.54, 1.807) is 0 Å². The molecule has 0 fully saturated rings. The molecule has 1 heteroatoms. The van der Waals surface area contributed by atoms with E-state index in [1.807, 2.05) is 0 Å². The van der Waals surface area contributed by atoms with Crippen LogP contribution in [-0.2, 0) is 0 Å². The predicted molar refractivity (Wildman–Crippen MR) is 75.7 cm³/mol. The van der Waals surface area contributed by atoms with E-state index in [0.717, 1.165) is 0 Å². The Kier molecular flexibility index (Phi) is 3.19. The molecule has 0 saturated heterocycles. The maximum atomic E-state index is 2.23. The third-order valence-corrected chi connectivity index (χ3v) is 3.06. The molecule has 0 spiro atoms. The van der Waals surface area contributed by atoms with Gasteiger partial charge in [0.05, 0.1) is 0 Å². The van der Waals surface area contributed by atoms with Gasteiger partial charge in [0.2, 0.25) is 0 Å². The van der Waals surface area contributed by atoms with Crippen LogP contribution in [0, 0.1) is 13.8 Å². The highest BCUT2D eigenvalue weighted by Crippen LogP contribution is 2.27. The fourth-order valence-electron chi connectivity index (χ4n) is 2.09. The van der Waals surface area contributed by atoms with Gasteiger partial charge >= 0.3 is 0 Å². The van der Waals surface area contributed by atoms with Crippen LogP contribution in [0.15, 0.2) is 42.5 Å². The SMILES string of the molecule is Cc1ccc(-c2cccc(N(C)C)c2)c(C)c1. The molecule has 0 unspecified atom stereocenters. The van der Waals surface area contributed by atoms with Crippen molar-refractivity contribution in [3.05, 3.63) is 53.6 Å². The molecule has 0 aliphatic heterocycles. The summed E-state index contributed by atoms with van der Waals surface area (Å²) in [7, 11) is 4.14. The second-order valence-corrected chi connectivity index (χ2v) is 4.76. The highest BCUT2D eigenvalue weighted by Gasteiger charge is 2.03. The molecule has 1 nitrogen and oxygen atoms in total. The maximum absolute atomic E-state index is 2.23. The van der Waals surface area contributed by atoms with E-state index < -0.39 is 0 Å². The zero-order valence-corrected chi connectivity index (χ0v) is 11.0. The smallest absolute Gasteiger partial charge is 0.0367 e. The molecule has 0 aliphatic rings. The lowest BCUT2D eigenvalue weighted by Crippen LogP contribution is -2.08. The average molecular weight is 225 g/mol. The minimum atomic E-state index is 1.24. The van der Waals surface area contributed by atoms with E-state index in [0.29, 0.717) is 0 Å². The van der Waals surface area contributed by atoms with Gasteiger partial charge in [-0.05, 0) is 42.7 Å². The Morgan fingerprint density at radius 2 is 1.65 bits per heavy atom. The fraction of sp³-hybridized carbons (Fsp3) is 0.250. The summed E-state index contributed by atoms with van der Waals surface area (Å²) in [5.41, 5.74) is 6.49. The summed E-state index contributed by atoms with van der Waals surface area (Å²) in [6.45, 7) is 4.30. The van der Waals surface area contributed by atoms with Crippen molar-refractivity contribution in [3.63, 3.8) is 0 Å². The van der Waals surface area contributed by atoms with Crippen molar-refractivity contribution in [2.45, 2.75) is 13.8 Å². The average Bonchev–Trinajstić information content (AvgIpc) is 2.29. The standard InChI is InChI=1S/C16H19N/c1-12-8-9-16(13(2)10-12)14-6-5-7-15(11-14)17(3)4/h5-11H,1-4H3. The van der Waals surface area contributed by atoms with Crippen LogP contribution >= 0.6 is 0 Å². The zero-order chi connectivity index (χ0) is 12.4. The van der Waals surface area contributed by atoms with Crippen LogP contribution in [0.3, 0.4) is 0 Å². The van der Waals surface area contributed by atoms with Gasteiger partial charge in [0, 0.05) is 19.8 Å². The van der Waals surface area contributed by atoms with Crippen molar-refractivity contribution in [3.8, 4) is 11.1 Å². The lowest BCUT2D eigenvalue weighted by Gasteiger charge is -2.14. The monoisotopic (exact) mass is 225 g/mol. The Labute approximate surface area is 104 Å². The second-order valence-electron chi connectivity index (χ2n) is 4.76. The fourth-order valence-corrected chi connectivity index (χ4v) is 2.09. The minimum absolute atomic E-state index is 1.24. The molecular weight excluding hydrogens is 206 g/mol. The predicted octanol–water partition coefficient (Wildman–Crippen LogP) is 4.04. The van der Waals surface area contributed by atoms with E-state index in [1.165, 1.54) is 27.9 Å². The number of rotatable bonds is 2. The summed E-state index contributed by atoms with van der Waals surface area (Å²) in [6.07, 6.45) is 0. The molecule has 0 aliphatic carbocycles. The maximum Gasteiger partial charge on any atom is 0.0367 e. The van der Waals surface area contributed by atoms with Gasteiger partial charge in [0.15, 0.2) is 0 Å². The Bertz CT molecular complexity index is 527. The molecule has 17 heavy (non-hydrogen) atoms. The molecule has 0 aromatic heterocycles. The molecule has 2 aromatic carbocycles. The molecule has 0 saturated carbocycles. The van der Waals surface area contributed by atoms with Crippen LogP contribution in [0.4, 0.5) is 5.69 Å². The number of aryl methyl sites for hydroxylation is 2. The number of nitrogens with zero attached hydrogens (tertiary/aromatic N) is 1. The largest absolute Gasteiger partial charge is 0.378 e. The Balaban J connectivity index is 2.49. The summed E-state index contributed by atoms with van der Waals surface area (Å²) < 4.78 is 0. The van der Waals surface area contributed by atoms with E-state index >= 15 is 0 Å². The van der Waals surface area contributed by atoms with Crippen LogP contribution < -0.4 is 4.90 Å². The summed E-state index contributed by atoms with van der Waals surface area (Å²) in [6, 6.07) is 15.3. The van der Waals surface area contributed by atoms with E-state index in [4.69, 9.17) is 0 Å². The second kappa shape index (κ2) is 4.62. The van der Waals surface area contributed by atoms with Crippen LogP contribution in [0.2, 0.25) is 0 Å². The van der Waals surface area contributed by atoms with Gasteiger partial charge in [0.25, 0.3) is 0 Å². The quantitative estimate of drug-likeness (QED) is 0.745. The number of anilines is 1. The Hall–Kier alpha value is -1.76. The zero-order valence-electron chi connectivity index (χ0n) is 11.0. The summed E-state index contributed by atoms with van der Waals surface area (Å²) in [4.78, 5) is 2.13. The lowest BCUT2D eigenvalue weighted by atomic mass is 9.98. The topological polar surface area (TPSA) is 3.24 Å². The third kappa shape index (κ3) is 2.50. The van der Waals surface area contributed by atoms with Gasteiger partial charge in [-0.2, -0.15) is 0 Å². The van der Waals surface area contributed by atoms with Crippen molar-refractivity contribution >= 4 is 5.69 Å². The lowest BCUT2D eigenvalue weighted by molar-refractivity contribution is 1.13. The van der Waals surface area contributed by atoms with Gasteiger partial charge in [-0.25, -0.2) is 0 Å². The molecule has 88 valence electrons. The van der Waals surface area contributed by atoms with E-state index in [-0.39, 0.29) is 0 Å². The van der Waals surface area contributed by atoms with Crippen molar-refractivity contribution in [2.24, 2.45) is 0 Å². The van der Waals surface area contributed by atoms with E-state index in [2.05, 4.69) is 75.3 Å². The number of hydrogen-bond acceptors (Lipinski definition) is 1. The minimum Gasteiger partial charge on any atom is -0.378 e. The van der Waals surface area contributed by atoms with Gasteiger partial charge < -0.3 is 4.90 Å². The Morgan fingerprint density at radius 1 is 0.882 bits per heavy atom. The number of benzene rings is 2. The first-order valence-corrected chi connectivity index (χ1v) is 5.93. The normalized spacial score (nSPS) is 10.4. The van der Waals surface area contributed by atoms with Crippen LogP contribution in [0.1, 0.15) is 11.1 Å². The number of hydrogen-bond donors (Lipinski definition) is 0. The molecule has 0 heterocycles. The first kappa shape index (κ1) is 11.7. The molecule has 2 aromatic rings. The molecule has 0 amide bonds. The van der Waals surface area contributed by atoms with Gasteiger partial charge in [-0.3, -0.25) is 0 Å². The first-order chi connectivity index (χ1) is 8.08. The van der Waals surface area contributed by atoms with Gasteiger partial charge in [0.1, 0.15) is 0 Å². The van der Waals surface area contributed by atoms with E-state index in [9.17, 15) is 0 Å². The van der Waals surface area contributed by atoms with Gasteiger partial charge in [-0.15, -0.1) is 0 Å². The molecule has 0 bridgehead atoms. The van der Waals surface area contributed by atoms with Crippen LogP contribution in [0.25, 0.3) is 11.1 Å². The molecular formula is C16H19N. The molecule has 0 atom stereocenters. The molecule has 0 N–H and O–H groups in total. The van der Waals surface area contributed by atoms with Crippen molar-refractivity contribution in [2.75, 3.05) is 19.0 Å². The Morgan fingerprint density at radius 3 is 2.29 bits per heavy atom. The summed E-state index contributed by atoms with van der Waals surface area (Å²) in [5, 5.41) is 0. The summed E-state index contributed by atoms with van der Waals surface area (Å²) in [5.74, 6) is 0. The van der Waals surface area contributed by atoms with Crippen molar-refractivity contribution in [1.82, 2.24) is 0 Å². The first-order valence-electron chi connectivity index (χ1n) is 5.93. The highest BCUT2D eigenvalue weighted by molar-refractivity contribution is 5.71. The van der Waals surface area contributed by atoms with Crippen molar-refractivity contribution in [1.29, 1.82) is 0 Å². The highest BCUT2D eigenvalue weighted by atomic mass is 15.1. The summed E-state index contributed by atoms with van der Waals surface area (Å²) >= 11 is 0. The van der Waals surface area contributed by atoms with Crippen LogP contribution in [-0.4, -0.2) is 14.1 Å². The molecule has 2 rings (SSSR count). The van der Waals surface area contributed by atoms with Crippen LogP contribution in [0.5, 0.6) is 0 Å².